The Morgan fingerprint density at radius 3 is 3.00 bits per heavy atom. The number of nitrogens with zero attached hydrogens (tertiary/aromatic N) is 1. The Bertz CT molecular complexity index is 257. The van der Waals surface area contributed by atoms with Gasteiger partial charge in [0.2, 0.25) is 5.91 Å². The van der Waals surface area contributed by atoms with Crippen LogP contribution < -0.4 is 0 Å². The molecule has 92 valence electrons. The molecule has 1 N–H and O–H groups in total. The van der Waals surface area contributed by atoms with E-state index in [1.165, 1.54) is 0 Å². The molecule has 0 spiro atoms. The van der Waals surface area contributed by atoms with E-state index in [-0.39, 0.29) is 24.7 Å². The molecule has 1 aliphatic heterocycles. The first-order chi connectivity index (χ1) is 7.72. The van der Waals surface area contributed by atoms with Crippen molar-refractivity contribution in [3.05, 3.63) is 0 Å². The predicted molar refractivity (Wildman–Crippen MR) is 60.0 cm³/mol. The highest BCUT2D eigenvalue weighted by molar-refractivity contribution is 5.78. The number of rotatable bonds is 2. The maximum Gasteiger partial charge on any atom is 0.248 e. The zero-order valence-corrected chi connectivity index (χ0v) is 9.89. The second-order valence-electron chi connectivity index (χ2n) is 4.84. The van der Waals surface area contributed by atoms with Crippen LogP contribution in [0.4, 0.5) is 0 Å². The minimum Gasteiger partial charge on any atom is -0.393 e. The van der Waals surface area contributed by atoms with Crippen LogP contribution in [-0.4, -0.2) is 47.8 Å². The molecule has 4 heteroatoms. The summed E-state index contributed by atoms with van der Waals surface area (Å²) in [4.78, 5) is 13.7. The van der Waals surface area contributed by atoms with Gasteiger partial charge < -0.3 is 14.7 Å². The summed E-state index contributed by atoms with van der Waals surface area (Å²) in [5.74, 6) is 0.634. The summed E-state index contributed by atoms with van der Waals surface area (Å²) in [5.41, 5.74) is 0. The number of aliphatic hydroxyl groups excluding tert-OH is 1. The van der Waals surface area contributed by atoms with E-state index >= 15 is 0 Å². The number of hydrogen-bond donors (Lipinski definition) is 1. The highest BCUT2D eigenvalue weighted by atomic mass is 16.5. The van der Waals surface area contributed by atoms with E-state index in [1.54, 1.807) is 0 Å². The fraction of sp³-hybridized carbons (Fsp3) is 0.917. The van der Waals surface area contributed by atoms with Gasteiger partial charge in [0.25, 0.3) is 0 Å². The van der Waals surface area contributed by atoms with Crippen LogP contribution in [0.5, 0.6) is 0 Å². The molecule has 1 aliphatic carbocycles. The maximum atomic E-state index is 11.8. The Balaban J connectivity index is 2.05. The molecule has 0 aromatic rings. The highest BCUT2D eigenvalue weighted by Crippen LogP contribution is 2.31. The monoisotopic (exact) mass is 227 g/mol. The topological polar surface area (TPSA) is 49.8 Å². The third-order valence-electron chi connectivity index (χ3n) is 3.88. The molecule has 0 aromatic heterocycles. The van der Waals surface area contributed by atoms with Crippen LogP contribution in [0.15, 0.2) is 0 Å². The Morgan fingerprint density at radius 2 is 2.31 bits per heavy atom. The summed E-state index contributed by atoms with van der Waals surface area (Å²) in [6, 6.07) is 0.227. The Morgan fingerprint density at radius 1 is 1.50 bits per heavy atom. The quantitative estimate of drug-likeness (QED) is 0.758. The predicted octanol–water partition coefficient (Wildman–Crippen LogP) is 0.785. The third-order valence-corrected chi connectivity index (χ3v) is 3.88. The molecule has 0 aromatic carbocycles. The van der Waals surface area contributed by atoms with Crippen molar-refractivity contribution in [2.24, 2.45) is 5.92 Å². The van der Waals surface area contributed by atoms with Crippen molar-refractivity contribution >= 4 is 5.91 Å². The van der Waals surface area contributed by atoms with Gasteiger partial charge in [0.1, 0.15) is 6.61 Å². The second kappa shape index (κ2) is 5.15. The van der Waals surface area contributed by atoms with Gasteiger partial charge in [0, 0.05) is 12.6 Å². The van der Waals surface area contributed by atoms with Crippen molar-refractivity contribution in [3.63, 3.8) is 0 Å². The van der Waals surface area contributed by atoms with Gasteiger partial charge in [-0.25, -0.2) is 0 Å². The van der Waals surface area contributed by atoms with Crippen LogP contribution in [0.25, 0.3) is 0 Å². The molecular weight excluding hydrogens is 206 g/mol. The van der Waals surface area contributed by atoms with Crippen molar-refractivity contribution in [3.8, 4) is 0 Å². The SMILES string of the molecule is CCC1CCC(O)CC1N1CCOCC1=O. The van der Waals surface area contributed by atoms with E-state index in [0.717, 1.165) is 25.7 Å². The van der Waals surface area contributed by atoms with Crippen LogP contribution in [0.2, 0.25) is 0 Å². The molecule has 2 fully saturated rings. The van der Waals surface area contributed by atoms with E-state index in [0.29, 0.717) is 19.1 Å². The van der Waals surface area contributed by atoms with Crippen molar-refractivity contribution in [2.75, 3.05) is 19.8 Å². The lowest BCUT2D eigenvalue weighted by molar-refractivity contribution is -0.149. The van der Waals surface area contributed by atoms with Gasteiger partial charge in [-0.3, -0.25) is 4.79 Å². The minimum absolute atomic E-state index is 0.0869. The fourth-order valence-corrected chi connectivity index (χ4v) is 2.93. The number of aliphatic hydroxyl groups is 1. The molecule has 3 unspecified atom stereocenters. The van der Waals surface area contributed by atoms with Crippen LogP contribution in [-0.2, 0) is 9.53 Å². The summed E-state index contributed by atoms with van der Waals surface area (Å²) < 4.78 is 5.14. The number of hydrogen-bond acceptors (Lipinski definition) is 3. The standard InChI is InChI=1S/C12H21NO3/c1-2-9-3-4-10(14)7-11(9)13-5-6-16-8-12(13)15/h9-11,14H,2-8H2,1H3. The molecule has 1 heterocycles. The van der Waals surface area contributed by atoms with Crippen LogP contribution >= 0.6 is 0 Å². The van der Waals surface area contributed by atoms with E-state index in [9.17, 15) is 9.90 Å². The Labute approximate surface area is 96.6 Å². The highest BCUT2D eigenvalue weighted by Gasteiger charge is 2.36. The van der Waals surface area contributed by atoms with E-state index < -0.39 is 0 Å². The minimum atomic E-state index is -0.233. The average molecular weight is 227 g/mol. The molecule has 1 saturated carbocycles. The average Bonchev–Trinajstić information content (AvgIpc) is 2.29. The summed E-state index contributed by atoms with van der Waals surface area (Å²) in [6.07, 6.45) is 3.51. The maximum absolute atomic E-state index is 11.8. The first kappa shape index (κ1) is 11.9. The van der Waals surface area contributed by atoms with E-state index in [1.807, 2.05) is 4.90 Å². The lowest BCUT2D eigenvalue weighted by atomic mass is 9.80. The van der Waals surface area contributed by atoms with Crippen molar-refractivity contribution in [2.45, 2.75) is 44.8 Å². The summed E-state index contributed by atoms with van der Waals surface area (Å²) >= 11 is 0. The van der Waals surface area contributed by atoms with Gasteiger partial charge in [-0.05, 0) is 25.2 Å². The van der Waals surface area contributed by atoms with E-state index in [4.69, 9.17) is 4.74 Å². The molecule has 1 saturated heterocycles. The second-order valence-corrected chi connectivity index (χ2v) is 4.84. The summed E-state index contributed by atoms with van der Waals surface area (Å²) in [6.45, 7) is 3.70. The lowest BCUT2D eigenvalue weighted by Gasteiger charge is -2.42. The fourth-order valence-electron chi connectivity index (χ4n) is 2.93. The molecule has 16 heavy (non-hydrogen) atoms. The summed E-state index contributed by atoms with van der Waals surface area (Å²) in [5, 5.41) is 9.74. The zero-order chi connectivity index (χ0) is 11.5. The van der Waals surface area contributed by atoms with Gasteiger partial charge in [-0.2, -0.15) is 0 Å². The largest absolute Gasteiger partial charge is 0.393 e. The normalized spacial score (nSPS) is 36.5. The molecule has 0 radical (unpaired) electrons. The van der Waals surface area contributed by atoms with E-state index in [2.05, 4.69) is 6.92 Å². The molecule has 2 rings (SSSR count). The number of morpholine rings is 1. The third kappa shape index (κ3) is 2.38. The smallest absolute Gasteiger partial charge is 0.248 e. The van der Waals surface area contributed by atoms with Crippen LogP contribution in [0.1, 0.15) is 32.6 Å². The van der Waals surface area contributed by atoms with Crippen molar-refractivity contribution < 1.29 is 14.6 Å². The van der Waals surface area contributed by atoms with Gasteiger partial charge in [0.05, 0.1) is 12.7 Å². The van der Waals surface area contributed by atoms with Gasteiger partial charge in [0.15, 0.2) is 0 Å². The molecule has 4 nitrogen and oxygen atoms in total. The van der Waals surface area contributed by atoms with Gasteiger partial charge in [-0.15, -0.1) is 0 Å². The number of carbonyl (C=O) groups is 1. The lowest BCUT2D eigenvalue weighted by Crippen LogP contribution is -2.53. The Hall–Kier alpha value is -0.610. The van der Waals surface area contributed by atoms with Gasteiger partial charge in [-0.1, -0.05) is 13.3 Å². The molecule has 1 amide bonds. The molecule has 0 bridgehead atoms. The molecule has 3 atom stereocenters. The number of amides is 1. The number of ether oxygens (including phenoxy) is 1. The van der Waals surface area contributed by atoms with Crippen LogP contribution in [0.3, 0.4) is 0 Å². The molecule has 2 aliphatic rings. The zero-order valence-electron chi connectivity index (χ0n) is 9.89. The summed E-state index contributed by atoms with van der Waals surface area (Å²) in [7, 11) is 0. The van der Waals surface area contributed by atoms with Crippen molar-refractivity contribution in [1.29, 1.82) is 0 Å². The van der Waals surface area contributed by atoms with Crippen molar-refractivity contribution in [1.82, 2.24) is 4.90 Å². The first-order valence-corrected chi connectivity index (χ1v) is 6.27. The first-order valence-electron chi connectivity index (χ1n) is 6.27. The van der Waals surface area contributed by atoms with Crippen LogP contribution in [0, 0.1) is 5.92 Å². The number of carbonyl (C=O) groups excluding carboxylic acids is 1. The Kier molecular flexibility index (Phi) is 3.82. The van der Waals surface area contributed by atoms with Gasteiger partial charge >= 0.3 is 0 Å². The molecular formula is C12H21NO3.